The van der Waals surface area contributed by atoms with E-state index in [0.29, 0.717) is 18.9 Å². The number of anilines is 1. The van der Waals surface area contributed by atoms with Gasteiger partial charge in [0.2, 0.25) is 5.76 Å². The van der Waals surface area contributed by atoms with Crippen LogP contribution in [0.25, 0.3) is 22.4 Å². The van der Waals surface area contributed by atoms with Gasteiger partial charge in [-0.3, -0.25) is 4.79 Å². The summed E-state index contributed by atoms with van der Waals surface area (Å²) < 4.78 is 10.4. The number of nitrogens with zero attached hydrogens (tertiary/aromatic N) is 1. The molecule has 6 heteroatoms. The fourth-order valence-electron chi connectivity index (χ4n) is 2.51. The van der Waals surface area contributed by atoms with E-state index in [-0.39, 0.29) is 11.7 Å². The van der Waals surface area contributed by atoms with Crippen LogP contribution < -0.4 is 5.32 Å². The fourth-order valence-corrected chi connectivity index (χ4v) is 2.51. The summed E-state index contributed by atoms with van der Waals surface area (Å²) in [6, 6.07) is 15.3. The maximum atomic E-state index is 12.1. The third kappa shape index (κ3) is 2.81. The zero-order valence-corrected chi connectivity index (χ0v) is 12.8. The lowest BCUT2D eigenvalue weighted by Gasteiger charge is -2.15. The second kappa shape index (κ2) is 6.08. The number of nitrogens with one attached hydrogen (secondary N) is 2. The Balaban J connectivity index is 1.59. The number of hydrogen-bond acceptors (Lipinski definition) is 4. The van der Waals surface area contributed by atoms with Gasteiger partial charge in [0.05, 0.1) is 11.0 Å². The molecule has 0 saturated heterocycles. The molecule has 1 amide bonds. The molecule has 0 radical (unpaired) electrons. The van der Waals surface area contributed by atoms with E-state index in [1.165, 1.54) is 6.26 Å². The summed E-state index contributed by atoms with van der Waals surface area (Å²) in [5, 5.41) is 2.80. The molecule has 0 spiro atoms. The average molecular weight is 321 g/mol. The van der Waals surface area contributed by atoms with E-state index >= 15 is 0 Å². The number of fused-ring (bicyclic) bond motifs is 1. The molecular formula is C18H15N3O3. The number of ether oxygens (including phenoxy) is 2. The van der Waals surface area contributed by atoms with Gasteiger partial charge in [-0.2, -0.15) is 0 Å². The molecule has 4 rings (SSSR count). The van der Waals surface area contributed by atoms with Gasteiger partial charge in [-0.05, 0) is 24.3 Å². The second-order valence-electron chi connectivity index (χ2n) is 5.34. The molecule has 3 aromatic rings. The lowest BCUT2D eigenvalue weighted by molar-refractivity contribution is -0.117. The van der Waals surface area contributed by atoms with Crippen molar-refractivity contribution in [3.05, 3.63) is 60.6 Å². The quantitative estimate of drug-likeness (QED) is 0.777. The molecule has 24 heavy (non-hydrogen) atoms. The molecule has 2 N–H and O–H groups in total. The van der Waals surface area contributed by atoms with Crippen LogP contribution in [0, 0.1) is 0 Å². The van der Waals surface area contributed by atoms with Crippen LogP contribution in [0.1, 0.15) is 0 Å². The van der Waals surface area contributed by atoms with Gasteiger partial charge >= 0.3 is 0 Å². The zero-order chi connectivity index (χ0) is 16.4. The fraction of sp³-hybridized carbons (Fsp3) is 0.111. The summed E-state index contributed by atoms with van der Waals surface area (Å²) in [6.07, 6.45) is 1.34. The summed E-state index contributed by atoms with van der Waals surface area (Å²) in [5.74, 6) is 0.593. The van der Waals surface area contributed by atoms with Gasteiger partial charge in [-0.25, -0.2) is 4.98 Å². The van der Waals surface area contributed by atoms with Crippen LogP contribution in [0.2, 0.25) is 0 Å². The summed E-state index contributed by atoms with van der Waals surface area (Å²) >= 11 is 0. The highest BCUT2D eigenvalue weighted by molar-refractivity contribution is 6.02. The molecule has 1 aromatic heterocycles. The van der Waals surface area contributed by atoms with Crippen LogP contribution >= 0.6 is 0 Å². The number of benzene rings is 2. The first-order valence-electron chi connectivity index (χ1n) is 7.61. The molecular weight excluding hydrogens is 306 g/mol. The van der Waals surface area contributed by atoms with Gasteiger partial charge in [-0.15, -0.1) is 0 Å². The maximum Gasteiger partial charge on any atom is 0.294 e. The topological polar surface area (TPSA) is 76.2 Å². The lowest BCUT2D eigenvalue weighted by atomic mass is 10.2. The predicted molar refractivity (Wildman–Crippen MR) is 90.1 cm³/mol. The number of amides is 1. The van der Waals surface area contributed by atoms with Crippen molar-refractivity contribution in [1.29, 1.82) is 0 Å². The number of rotatable bonds is 3. The van der Waals surface area contributed by atoms with Crippen molar-refractivity contribution >= 4 is 22.6 Å². The number of aromatic nitrogens is 2. The van der Waals surface area contributed by atoms with E-state index in [1.807, 2.05) is 48.5 Å². The van der Waals surface area contributed by atoms with Crippen LogP contribution in [0.5, 0.6) is 0 Å². The second-order valence-corrected chi connectivity index (χ2v) is 5.34. The Morgan fingerprint density at radius 3 is 2.88 bits per heavy atom. The molecule has 120 valence electrons. The number of hydrogen-bond donors (Lipinski definition) is 2. The molecule has 2 heterocycles. The minimum absolute atomic E-state index is 0.176. The summed E-state index contributed by atoms with van der Waals surface area (Å²) in [6.45, 7) is 0.830. The highest BCUT2D eigenvalue weighted by Gasteiger charge is 2.15. The first-order chi connectivity index (χ1) is 11.8. The molecule has 0 fully saturated rings. The number of para-hydroxylation sites is 2. The largest absolute Gasteiger partial charge is 0.494 e. The third-order valence-electron chi connectivity index (χ3n) is 3.66. The van der Waals surface area contributed by atoms with Crippen molar-refractivity contribution in [2.45, 2.75) is 0 Å². The van der Waals surface area contributed by atoms with Crippen molar-refractivity contribution in [2.75, 3.05) is 18.5 Å². The van der Waals surface area contributed by atoms with Crippen LogP contribution in [0.4, 0.5) is 5.69 Å². The minimum atomic E-state index is -0.337. The normalized spacial score (nSPS) is 13.8. The van der Waals surface area contributed by atoms with Gasteiger partial charge in [-0.1, -0.05) is 24.3 Å². The van der Waals surface area contributed by atoms with Crippen molar-refractivity contribution < 1.29 is 14.3 Å². The molecule has 0 atom stereocenters. The standard InChI is InChI=1S/C18H15N3O3/c22-18(16-11-23-8-9-24-16)19-13-5-3-4-12(10-13)17-20-14-6-1-2-7-15(14)21-17/h1-7,10-11H,8-9H2,(H,19,22)(H,20,21). The van der Waals surface area contributed by atoms with Crippen LogP contribution in [-0.2, 0) is 14.3 Å². The molecule has 0 unspecified atom stereocenters. The molecule has 0 aliphatic carbocycles. The summed E-state index contributed by atoms with van der Waals surface area (Å²) in [7, 11) is 0. The van der Waals surface area contributed by atoms with E-state index in [4.69, 9.17) is 9.47 Å². The first kappa shape index (κ1) is 14.3. The van der Waals surface area contributed by atoms with E-state index in [1.54, 1.807) is 0 Å². The van der Waals surface area contributed by atoms with Gasteiger partial charge in [0, 0.05) is 11.3 Å². The molecule has 0 saturated carbocycles. The van der Waals surface area contributed by atoms with Crippen molar-refractivity contribution in [3.8, 4) is 11.4 Å². The number of aromatic amines is 1. The van der Waals surface area contributed by atoms with Gasteiger partial charge < -0.3 is 19.8 Å². The van der Waals surface area contributed by atoms with Crippen LogP contribution in [0.15, 0.2) is 60.6 Å². The van der Waals surface area contributed by atoms with Crippen LogP contribution in [0.3, 0.4) is 0 Å². The van der Waals surface area contributed by atoms with E-state index in [2.05, 4.69) is 15.3 Å². The Kier molecular flexibility index (Phi) is 3.63. The van der Waals surface area contributed by atoms with Gasteiger partial charge in [0.15, 0.2) is 0 Å². The van der Waals surface area contributed by atoms with Crippen molar-refractivity contribution in [1.82, 2.24) is 9.97 Å². The smallest absolute Gasteiger partial charge is 0.294 e. The number of H-pyrrole nitrogens is 1. The zero-order valence-electron chi connectivity index (χ0n) is 12.8. The maximum absolute atomic E-state index is 12.1. The predicted octanol–water partition coefficient (Wildman–Crippen LogP) is 3.06. The Labute approximate surface area is 138 Å². The molecule has 0 bridgehead atoms. The molecule has 1 aliphatic rings. The number of imidazole rings is 1. The molecule has 6 nitrogen and oxygen atoms in total. The molecule has 2 aromatic carbocycles. The van der Waals surface area contributed by atoms with Gasteiger partial charge in [0.1, 0.15) is 25.3 Å². The average Bonchev–Trinajstić information content (AvgIpc) is 3.07. The minimum Gasteiger partial charge on any atom is -0.494 e. The third-order valence-corrected chi connectivity index (χ3v) is 3.66. The lowest BCUT2D eigenvalue weighted by Crippen LogP contribution is -2.21. The van der Waals surface area contributed by atoms with E-state index in [0.717, 1.165) is 22.4 Å². The summed E-state index contributed by atoms with van der Waals surface area (Å²) in [5.41, 5.74) is 3.42. The van der Waals surface area contributed by atoms with Crippen molar-refractivity contribution in [3.63, 3.8) is 0 Å². The Bertz CT molecular complexity index is 897. The van der Waals surface area contributed by atoms with E-state index < -0.39 is 0 Å². The van der Waals surface area contributed by atoms with Crippen LogP contribution in [-0.4, -0.2) is 29.1 Å². The van der Waals surface area contributed by atoms with Crippen molar-refractivity contribution in [2.24, 2.45) is 0 Å². The molecule has 1 aliphatic heterocycles. The Morgan fingerprint density at radius 2 is 2.04 bits per heavy atom. The first-order valence-corrected chi connectivity index (χ1v) is 7.61. The number of carbonyl (C=O) groups excluding carboxylic acids is 1. The van der Waals surface area contributed by atoms with Gasteiger partial charge in [0.25, 0.3) is 5.91 Å². The Morgan fingerprint density at radius 1 is 1.12 bits per heavy atom. The summed E-state index contributed by atoms with van der Waals surface area (Å²) in [4.78, 5) is 20.0. The number of carbonyl (C=O) groups is 1. The van der Waals surface area contributed by atoms with E-state index in [9.17, 15) is 4.79 Å². The SMILES string of the molecule is O=C(Nc1cccc(-c2nc3ccccc3[nH]2)c1)C1=COCCO1. The highest BCUT2D eigenvalue weighted by Crippen LogP contribution is 2.23. The monoisotopic (exact) mass is 321 g/mol. The highest BCUT2D eigenvalue weighted by atomic mass is 16.6. The Hall–Kier alpha value is -3.28.